The topological polar surface area (TPSA) is 64.1 Å². The highest BCUT2D eigenvalue weighted by molar-refractivity contribution is 7.92. The van der Waals surface area contributed by atoms with E-state index >= 15 is 0 Å². The van der Waals surface area contributed by atoms with Crippen molar-refractivity contribution in [3.63, 3.8) is 0 Å². The van der Waals surface area contributed by atoms with Gasteiger partial charge >= 0.3 is 12.4 Å². The van der Waals surface area contributed by atoms with Gasteiger partial charge in [0.15, 0.2) is 9.84 Å². The number of alkyl halides is 6. The second kappa shape index (κ2) is 7.68. The summed E-state index contributed by atoms with van der Waals surface area (Å²) < 4.78 is 103. The molecule has 2 aromatic rings. The van der Waals surface area contributed by atoms with Gasteiger partial charge in [-0.25, -0.2) is 8.42 Å². The molecular weight excluding hydrogens is 436 g/mol. The summed E-state index contributed by atoms with van der Waals surface area (Å²) in [5, 5.41) is -1.07. The summed E-state index contributed by atoms with van der Waals surface area (Å²) in [5.41, 5.74) is -2.59. The Morgan fingerprint density at radius 2 is 1.67 bits per heavy atom. The zero-order valence-electron chi connectivity index (χ0n) is 15.2. The van der Waals surface area contributed by atoms with Crippen molar-refractivity contribution in [1.82, 2.24) is 4.98 Å². The van der Waals surface area contributed by atoms with Crippen molar-refractivity contribution >= 4 is 15.6 Å². The number of hydrogen-bond acceptors (Lipinski definition) is 4. The number of hydrogen-bond donors (Lipinski definition) is 0. The van der Waals surface area contributed by atoms with Crippen LogP contribution in [0, 0.1) is 5.92 Å². The third-order valence-corrected chi connectivity index (χ3v) is 7.19. The van der Waals surface area contributed by atoms with Gasteiger partial charge in [-0.2, -0.15) is 26.3 Å². The summed E-state index contributed by atoms with van der Waals surface area (Å²) in [7, 11) is -4.10. The molecule has 1 saturated carbocycles. The van der Waals surface area contributed by atoms with E-state index in [4.69, 9.17) is 0 Å². The molecule has 0 aliphatic heterocycles. The van der Waals surface area contributed by atoms with E-state index in [1.165, 1.54) is 0 Å². The number of pyridine rings is 1. The zero-order chi connectivity index (χ0) is 22.3. The van der Waals surface area contributed by atoms with Crippen LogP contribution in [0.1, 0.15) is 29.7 Å². The van der Waals surface area contributed by atoms with Gasteiger partial charge in [0.1, 0.15) is 5.78 Å². The molecule has 162 valence electrons. The lowest BCUT2D eigenvalue weighted by molar-refractivity contribution is -0.139. The first-order valence-electron chi connectivity index (χ1n) is 8.75. The maximum Gasteiger partial charge on any atom is 0.418 e. The highest BCUT2D eigenvalue weighted by atomic mass is 32.2. The molecule has 11 heteroatoms. The molecule has 1 aliphatic rings. The lowest BCUT2D eigenvalue weighted by Crippen LogP contribution is -2.40. The molecule has 1 fully saturated rings. The van der Waals surface area contributed by atoms with Crippen LogP contribution in [0.5, 0.6) is 0 Å². The number of nitrogens with zero attached hydrogens (tertiary/aromatic N) is 1. The van der Waals surface area contributed by atoms with Gasteiger partial charge in [0.05, 0.1) is 27.0 Å². The van der Waals surface area contributed by atoms with Crippen molar-refractivity contribution in [2.75, 3.05) is 0 Å². The molecule has 1 heterocycles. The highest BCUT2D eigenvalue weighted by Gasteiger charge is 2.44. The van der Waals surface area contributed by atoms with Crippen LogP contribution in [-0.4, -0.2) is 24.4 Å². The number of sulfone groups is 1. The predicted octanol–water partition coefficient (Wildman–Crippen LogP) is 4.48. The molecule has 0 unspecified atom stereocenters. The molecule has 1 aliphatic carbocycles. The van der Waals surface area contributed by atoms with Crippen LogP contribution in [0.25, 0.3) is 0 Å². The molecule has 0 radical (unpaired) electrons. The van der Waals surface area contributed by atoms with Gasteiger partial charge in [0.25, 0.3) is 0 Å². The molecule has 4 nitrogen and oxygen atoms in total. The molecule has 0 spiro atoms. The number of benzene rings is 1. The number of halogens is 6. The monoisotopic (exact) mass is 451 g/mol. The number of carbonyl (C=O) groups excluding carboxylic acids is 1. The van der Waals surface area contributed by atoms with Gasteiger partial charge in [-0.05, 0) is 43.2 Å². The van der Waals surface area contributed by atoms with Crippen molar-refractivity contribution in [1.29, 1.82) is 0 Å². The average Bonchev–Trinajstić information content (AvgIpc) is 2.59. The van der Waals surface area contributed by atoms with E-state index in [0.29, 0.717) is 6.07 Å². The average molecular weight is 451 g/mol. The number of rotatable bonds is 5. The summed E-state index contributed by atoms with van der Waals surface area (Å²) in [6.07, 6.45) is -9.19. The Morgan fingerprint density at radius 1 is 1.00 bits per heavy atom. The van der Waals surface area contributed by atoms with E-state index in [1.807, 2.05) is 0 Å². The van der Waals surface area contributed by atoms with Gasteiger partial charge in [-0.1, -0.05) is 6.07 Å². The van der Waals surface area contributed by atoms with Crippen molar-refractivity contribution in [3.8, 4) is 0 Å². The fourth-order valence-corrected chi connectivity index (χ4v) is 5.19. The minimum atomic E-state index is -4.71. The van der Waals surface area contributed by atoms with E-state index in [1.54, 1.807) is 0 Å². The van der Waals surface area contributed by atoms with E-state index in [2.05, 4.69) is 4.98 Å². The molecule has 1 aromatic heterocycles. The lowest BCUT2D eigenvalue weighted by atomic mass is 9.80. The van der Waals surface area contributed by atoms with Crippen LogP contribution in [0.15, 0.2) is 47.5 Å². The summed E-state index contributed by atoms with van der Waals surface area (Å²) in [5.74, 6) is -1.38. The smallest absolute Gasteiger partial charge is 0.299 e. The third kappa shape index (κ3) is 4.50. The molecule has 3 rings (SSSR count). The molecule has 1 aromatic carbocycles. The molecule has 30 heavy (non-hydrogen) atoms. The van der Waals surface area contributed by atoms with E-state index in [-0.39, 0.29) is 12.8 Å². The SMILES string of the molecule is O=C(Cc1ncccc1C(F)(F)F)C1CC(S(=O)(=O)c2cccc(C(F)(F)F)c2)C1. The van der Waals surface area contributed by atoms with Crippen LogP contribution in [-0.2, 0) is 33.4 Å². The number of aromatic nitrogens is 1. The molecule has 0 N–H and O–H groups in total. The van der Waals surface area contributed by atoms with Crippen LogP contribution in [0.2, 0.25) is 0 Å². The summed E-state index contributed by atoms with van der Waals surface area (Å²) in [6.45, 7) is 0. The fraction of sp³-hybridized carbons (Fsp3) is 0.368. The number of carbonyl (C=O) groups is 1. The fourth-order valence-electron chi connectivity index (χ4n) is 3.27. The Hall–Kier alpha value is -2.43. The van der Waals surface area contributed by atoms with E-state index < -0.39 is 67.3 Å². The largest absolute Gasteiger partial charge is 0.418 e. The molecule has 0 saturated heterocycles. The van der Waals surface area contributed by atoms with Gasteiger partial charge in [-0.3, -0.25) is 9.78 Å². The second-order valence-corrected chi connectivity index (χ2v) is 9.23. The number of ketones is 1. The number of Topliss-reactive ketones (excluding diaryl/α,β-unsaturated/α-hetero) is 1. The van der Waals surface area contributed by atoms with Gasteiger partial charge in [0.2, 0.25) is 0 Å². The highest BCUT2D eigenvalue weighted by Crippen LogP contribution is 2.39. The van der Waals surface area contributed by atoms with E-state index in [0.717, 1.165) is 36.5 Å². The minimum Gasteiger partial charge on any atom is -0.299 e. The first-order valence-corrected chi connectivity index (χ1v) is 10.3. The Labute approximate surface area is 167 Å². The Morgan fingerprint density at radius 3 is 2.27 bits per heavy atom. The molecule has 0 atom stereocenters. The van der Waals surface area contributed by atoms with Gasteiger partial charge in [-0.15, -0.1) is 0 Å². The normalized spacial score (nSPS) is 19.9. The first kappa shape index (κ1) is 22.3. The zero-order valence-corrected chi connectivity index (χ0v) is 16.0. The quantitative estimate of drug-likeness (QED) is 0.629. The van der Waals surface area contributed by atoms with Crippen molar-refractivity contribution in [3.05, 3.63) is 59.4 Å². The summed E-state index contributed by atoms with van der Waals surface area (Å²) in [4.78, 5) is 15.4. The standard InChI is InChI=1S/C19H15F6NO3S/c20-18(21,22)12-3-1-4-13(9-12)30(28,29)14-7-11(8-14)17(27)10-16-15(19(23,24)25)5-2-6-26-16/h1-6,9,11,14H,7-8,10H2. The minimum absolute atomic E-state index is 0.161. The predicted molar refractivity (Wildman–Crippen MR) is 93.1 cm³/mol. The van der Waals surface area contributed by atoms with Gasteiger partial charge in [0, 0.05) is 18.5 Å². The summed E-state index contributed by atoms with van der Waals surface area (Å²) in [6, 6.07) is 5.21. The maximum absolute atomic E-state index is 13.0. The van der Waals surface area contributed by atoms with Crippen molar-refractivity contribution in [2.45, 2.75) is 41.8 Å². The van der Waals surface area contributed by atoms with Crippen molar-refractivity contribution < 1.29 is 39.6 Å². The van der Waals surface area contributed by atoms with Crippen molar-refractivity contribution in [2.24, 2.45) is 5.92 Å². The third-order valence-electron chi connectivity index (χ3n) is 5.02. The first-order chi connectivity index (χ1) is 13.8. The Kier molecular flexibility index (Phi) is 5.70. The maximum atomic E-state index is 13.0. The van der Waals surface area contributed by atoms with Crippen LogP contribution >= 0.6 is 0 Å². The Bertz CT molecular complexity index is 1060. The summed E-state index contributed by atoms with van der Waals surface area (Å²) >= 11 is 0. The Balaban J connectivity index is 1.70. The van der Waals surface area contributed by atoms with E-state index in [9.17, 15) is 39.6 Å². The van der Waals surface area contributed by atoms with Crippen LogP contribution < -0.4 is 0 Å². The van der Waals surface area contributed by atoms with Crippen LogP contribution in [0.4, 0.5) is 26.3 Å². The molecule has 0 amide bonds. The second-order valence-electron chi connectivity index (χ2n) is 7.00. The van der Waals surface area contributed by atoms with Gasteiger partial charge < -0.3 is 0 Å². The van der Waals surface area contributed by atoms with Crippen LogP contribution in [0.3, 0.4) is 0 Å². The molecular formula is C19H15F6NO3S. The lowest BCUT2D eigenvalue weighted by Gasteiger charge is -2.34. The molecule has 0 bridgehead atoms.